The van der Waals surface area contributed by atoms with Gasteiger partial charge in [0, 0.05) is 37.9 Å². The minimum absolute atomic E-state index is 0.00557. The Hall–Kier alpha value is -2.80. The highest BCUT2D eigenvalue weighted by Crippen LogP contribution is 2.33. The van der Waals surface area contributed by atoms with Crippen molar-refractivity contribution in [1.29, 1.82) is 0 Å². The van der Waals surface area contributed by atoms with E-state index in [4.69, 9.17) is 21.1 Å². The Balaban J connectivity index is 1.60. The molecule has 1 aromatic carbocycles. The third kappa shape index (κ3) is 8.85. The van der Waals surface area contributed by atoms with E-state index in [0.717, 1.165) is 30.6 Å². The van der Waals surface area contributed by atoms with E-state index in [2.05, 4.69) is 36.3 Å². The highest BCUT2D eigenvalue weighted by molar-refractivity contribution is 7.18. The number of rotatable bonds is 12. The van der Waals surface area contributed by atoms with Crippen molar-refractivity contribution in [3.8, 4) is 5.75 Å². The van der Waals surface area contributed by atoms with E-state index in [1.54, 1.807) is 18.2 Å². The number of carbonyl (C=O) groups excluding carboxylic acids is 3. The van der Waals surface area contributed by atoms with Gasteiger partial charge in [0.15, 0.2) is 5.75 Å². The van der Waals surface area contributed by atoms with Crippen molar-refractivity contribution >= 4 is 52.0 Å². The molecule has 1 aliphatic carbocycles. The topological polar surface area (TPSA) is 100 Å². The van der Waals surface area contributed by atoms with Crippen LogP contribution in [0.25, 0.3) is 0 Å². The molecule has 2 N–H and O–H groups in total. The summed E-state index contributed by atoms with van der Waals surface area (Å²) >= 11 is 7.14. The van der Waals surface area contributed by atoms with Gasteiger partial charge in [-0.05, 0) is 48.4 Å². The van der Waals surface area contributed by atoms with Crippen molar-refractivity contribution in [2.24, 2.45) is 11.3 Å². The normalized spacial score (nSPS) is 16.9. The van der Waals surface area contributed by atoms with E-state index in [9.17, 15) is 23.2 Å². The molecule has 0 spiro atoms. The highest BCUT2D eigenvalue weighted by atomic mass is 35.5. The molecule has 1 aliphatic heterocycles. The van der Waals surface area contributed by atoms with Crippen LogP contribution in [-0.4, -0.2) is 74.7 Å². The van der Waals surface area contributed by atoms with Crippen LogP contribution in [0.2, 0.25) is 4.34 Å². The van der Waals surface area contributed by atoms with Gasteiger partial charge in [0.05, 0.1) is 21.5 Å². The first-order valence-corrected chi connectivity index (χ1v) is 15.1. The van der Waals surface area contributed by atoms with Crippen LogP contribution in [0.1, 0.15) is 49.7 Å². The Morgan fingerprint density at radius 1 is 1.24 bits per heavy atom. The molecule has 1 atom stereocenters. The molecular formula is C29H37ClF2N4O5S. The molecule has 2 aromatic rings. The fourth-order valence-corrected chi connectivity index (χ4v) is 5.96. The fraction of sp³-hybridized carbons (Fsp3) is 0.552. The zero-order chi connectivity index (χ0) is 30.4. The summed E-state index contributed by atoms with van der Waals surface area (Å²) in [5.74, 6) is -0.981. The van der Waals surface area contributed by atoms with Gasteiger partial charge in [-0.2, -0.15) is 8.78 Å². The molecule has 3 amide bonds. The molecule has 2 aliphatic rings. The molecule has 2 fully saturated rings. The Labute approximate surface area is 253 Å². The molecule has 0 unspecified atom stereocenters. The minimum Gasteiger partial charge on any atom is -0.433 e. The average Bonchev–Trinajstić information content (AvgIpc) is 3.32. The Bertz CT molecular complexity index is 1270. The number of nitrogens with one attached hydrogen (secondary N) is 2. The number of hydrogen-bond donors (Lipinski definition) is 2. The largest absolute Gasteiger partial charge is 0.433 e. The van der Waals surface area contributed by atoms with Crippen LogP contribution in [0.5, 0.6) is 5.75 Å². The Kier molecular flexibility index (Phi) is 10.8. The van der Waals surface area contributed by atoms with Crippen molar-refractivity contribution in [1.82, 2.24) is 10.2 Å². The van der Waals surface area contributed by atoms with Crippen LogP contribution < -0.4 is 20.3 Å². The van der Waals surface area contributed by atoms with Crippen molar-refractivity contribution in [2.45, 2.75) is 52.7 Å². The number of morpholine rings is 1. The number of halogens is 3. The van der Waals surface area contributed by atoms with E-state index >= 15 is 0 Å². The lowest BCUT2D eigenvalue weighted by Gasteiger charge is -2.40. The molecular weight excluding hydrogens is 590 g/mol. The molecule has 2 heterocycles. The Morgan fingerprint density at radius 3 is 2.60 bits per heavy atom. The lowest BCUT2D eigenvalue weighted by molar-refractivity contribution is -0.125. The summed E-state index contributed by atoms with van der Waals surface area (Å²) in [5.41, 5.74) is 0.226. The molecule has 42 heavy (non-hydrogen) atoms. The van der Waals surface area contributed by atoms with Crippen LogP contribution in [0.4, 0.5) is 20.2 Å². The second-order valence-corrected chi connectivity index (χ2v) is 13.5. The maximum absolute atomic E-state index is 13.9. The number of carbonyl (C=O) groups is 3. The van der Waals surface area contributed by atoms with E-state index < -0.39 is 18.6 Å². The first-order chi connectivity index (χ1) is 19.9. The number of benzene rings is 1. The predicted octanol–water partition coefficient (Wildman–Crippen LogP) is 5.25. The molecule has 4 rings (SSSR count). The van der Waals surface area contributed by atoms with Crippen LogP contribution in [-0.2, 0) is 14.3 Å². The quantitative estimate of drug-likeness (QED) is 0.334. The number of amides is 3. The molecule has 0 bridgehead atoms. The summed E-state index contributed by atoms with van der Waals surface area (Å²) in [6.07, 6.45) is 3.25. The van der Waals surface area contributed by atoms with Crippen molar-refractivity contribution in [2.75, 3.05) is 49.6 Å². The average molecular weight is 627 g/mol. The number of thiophene rings is 1. The number of ether oxygens (including phenoxy) is 2. The third-order valence-corrected chi connectivity index (χ3v) is 8.36. The van der Waals surface area contributed by atoms with Crippen molar-refractivity contribution in [3.63, 3.8) is 0 Å². The second-order valence-electron chi connectivity index (χ2n) is 11.8. The van der Waals surface area contributed by atoms with Gasteiger partial charge in [0.25, 0.3) is 11.8 Å². The second kappa shape index (κ2) is 14.1. The molecule has 0 radical (unpaired) electrons. The van der Waals surface area contributed by atoms with Gasteiger partial charge in [-0.15, -0.1) is 11.3 Å². The van der Waals surface area contributed by atoms with Gasteiger partial charge in [-0.25, -0.2) is 0 Å². The lowest BCUT2D eigenvalue weighted by Crippen LogP contribution is -2.54. The van der Waals surface area contributed by atoms with E-state index in [0.29, 0.717) is 40.5 Å². The van der Waals surface area contributed by atoms with E-state index in [1.807, 2.05) is 0 Å². The standard InChI is InChI=1S/C29H37ClF2N4O5S/c1-29(2,3)17-35(15-18-5-4-6-18)21(14-33-27(39)23-9-10-24(30)42-23)26(38)34-20-8-7-19(13-22(20)41-28(31)32)36-11-12-40-16-25(36)37/h7-10,13,18,21,28H,4-6,11-12,14-17H2,1-3H3,(H,33,39)(H,34,38)/t21-/m0/s1. The molecule has 9 nitrogen and oxygen atoms in total. The monoisotopic (exact) mass is 626 g/mol. The highest BCUT2D eigenvalue weighted by Gasteiger charge is 2.34. The first-order valence-electron chi connectivity index (χ1n) is 13.9. The number of alkyl halides is 2. The molecule has 1 aromatic heterocycles. The van der Waals surface area contributed by atoms with Crippen LogP contribution in [0.3, 0.4) is 0 Å². The van der Waals surface area contributed by atoms with Gasteiger partial charge in [0.2, 0.25) is 5.91 Å². The molecule has 13 heteroatoms. The van der Waals surface area contributed by atoms with E-state index in [-0.39, 0.29) is 48.4 Å². The summed E-state index contributed by atoms with van der Waals surface area (Å²) in [7, 11) is 0. The predicted molar refractivity (Wildman–Crippen MR) is 159 cm³/mol. The number of anilines is 2. The SMILES string of the molecule is CC(C)(C)CN(CC1CCC1)[C@@H](CNC(=O)c1ccc(Cl)s1)C(=O)Nc1ccc(N2CCOCC2=O)cc1OC(F)F. The minimum atomic E-state index is -3.15. The Morgan fingerprint density at radius 2 is 2.00 bits per heavy atom. The zero-order valence-corrected chi connectivity index (χ0v) is 25.5. The van der Waals surface area contributed by atoms with Gasteiger partial charge >= 0.3 is 6.61 Å². The summed E-state index contributed by atoms with van der Waals surface area (Å²) in [4.78, 5) is 43.0. The van der Waals surface area contributed by atoms with Gasteiger partial charge in [-0.3, -0.25) is 19.3 Å². The van der Waals surface area contributed by atoms with Crippen molar-refractivity contribution in [3.05, 3.63) is 39.5 Å². The van der Waals surface area contributed by atoms with Crippen LogP contribution in [0, 0.1) is 11.3 Å². The maximum Gasteiger partial charge on any atom is 0.387 e. The van der Waals surface area contributed by atoms with Crippen LogP contribution >= 0.6 is 22.9 Å². The zero-order valence-electron chi connectivity index (χ0n) is 24.0. The smallest absolute Gasteiger partial charge is 0.387 e. The molecule has 1 saturated carbocycles. The summed E-state index contributed by atoms with van der Waals surface area (Å²) in [6, 6.07) is 6.76. The van der Waals surface area contributed by atoms with E-state index in [1.165, 1.54) is 17.0 Å². The molecule has 1 saturated heterocycles. The first kappa shape index (κ1) is 32.1. The van der Waals surface area contributed by atoms with Gasteiger partial charge in [-0.1, -0.05) is 38.8 Å². The summed E-state index contributed by atoms with van der Waals surface area (Å²) in [5, 5.41) is 5.63. The third-order valence-electron chi connectivity index (χ3n) is 7.13. The maximum atomic E-state index is 13.9. The molecule has 230 valence electrons. The fourth-order valence-electron chi connectivity index (χ4n) is 5.00. The summed E-state index contributed by atoms with van der Waals surface area (Å²) < 4.78 is 37.2. The van der Waals surface area contributed by atoms with Gasteiger partial charge < -0.3 is 25.0 Å². The van der Waals surface area contributed by atoms with Crippen molar-refractivity contribution < 1.29 is 32.6 Å². The van der Waals surface area contributed by atoms with Gasteiger partial charge in [0.1, 0.15) is 12.6 Å². The lowest BCUT2D eigenvalue weighted by atomic mass is 9.84. The number of hydrogen-bond acceptors (Lipinski definition) is 7. The summed E-state index contributed by atoms with van der Waals surface area (Å²) in [6.45, 7) is 4.75. The number of nitrogens with zero attached hydrogens (tertiary/aromatic N) is 2. The van der Waals surface area contributed by atoms with Crippen LogP contribution in [0.15, 0.2) is 30.3 Å².